The summed E-state index contributed by atoms with van der Waals surface area (Å²) in [7, 11) is 0. The second-order valence-electron chi connectivity index (χ2n) is 7.31. The zero-order valence-electron chi connectivity index (χ0n) is 15.9. The topological polar surface area (TPSA) is 80.3 Å². The highest BCUT2D eigenvalue weighted by molar-refractivity contribution is 5.81. The number of aromatic nitrogens is 4. The van der Waals surface area contributed by atoms with Crippen molar-refractivity contribution < 1.29 is 4.63 Å². The van der Waals surface area contributed by atoms with Gasteiger partial charge in [0.05, 0.1) is 17.2 Å². The van der Waals surface area contributed by atoms with E-state index in [4.69, 9.17) is 4.63 Å². The van der Waals surface area contributed by atoms with Gasteiger partial charge in [0.1, 0.15) is 11.4 Å². The maximum Gasteiger partial charge on any atom is 0.261 e. The summed E-state index contributed by atoms with van der Waals surface area (Å²) in [5.74, 6) is 0. The van der Waals surface area contributed by atoms with Crippen LogP contribution < -0.4 is 10.5 Å². The molecular weight excluding hydrogens is 344 g/mol. The van der Waals surface area contributed by atoms with Gasteiger partial charge in [0.15, 0.2) is 0 Å². The maximum absolute atomic E-state index is 12.6. The molecule has 4 rings (SSSR count). The highest BCUT2D eigenvalue weighted by atomic mass is 16.6. The molecule has 0 unspecified atom stereocenters. The van der Waals surface area contributed by atoms with Crippen LogP contribution in [0.2, 0.25) is 0 Å². The van der Waals surface area contributed by atoms with Crippen molar-refractivity contribution in [2.45, 2.75) is 33.4 Å². The molecule has 3 aromatic rings. The second-order valence-corrected chi connectivity index (χ2v) is 7.31. The number of rotatable bonds is 4. The molecule has 1 aliphatic rings. The zero-order chi connectivity index (χ0) is 19.0. The lowest BCUT2D eigenvalue weighted by molar-refractivity contribution is 0.237. The summed E-state index contributed by atoms with van der Waals surface area (Å²) in [6.45, 7) is 10.4. The Bertz CT molecular complexity index is 1000. The highest BCUT2D eigenvalue weighted by Gasteiger charge is 2.20. The van der Waals surface area contributed by atoms with Crippen LogP contribution in [0.4, 0.5) is 5.69 Å². The van der Waals surface area contributed by atoms with Crippen molar-refractivity contribution in [2.75, 3.05) is 31.1 Å². The molecule has 8 heteroatoms. The fourth-order valence-corrected chi connectivity index (χ4v) is 3.46. The van der Waals surface area contributed by atoms with Crippen molar-refractivity contribution in [3.05, 3.63) is 46.3 Å². The van der Waals surface area contributed by atoms with Gasteiger partial charge in [-0.2, -0.15) is 0 Å². The van der Waals surface area contributed by atoms with Crippen LogP contribution in [-0.4, -0.2) is 50.9 Å². The standard InChI is InChI=1S/C19H24N6O2/c1-13(2)25-12-20-17-10-15(4-5-16(17)19(25)26)24-8-6-23(7-9-24)11-18-14(3)21-27-22-18/h4-5,10,12-13H,6-9,11H2,1-3H3. The van der Waals surface area contributed by atoms with Crippen molar-refractivity contribution in [3.8, 4) is 0 Å². The number of aryl methyl sites for hydroxylation is 1. The van der Waals surface area contributed by atoms with E-state index < -0.39 is 0 Å². The Labute approximate surface area is 157 Å². The molecular formula is C19H24N6O2. The first-order chi connectivity index (χ1) is 13.0. The minimum absolute atomic E-state index is 0.0166. The number of hydrogen-bond donors (Lipinski definition) is 0. The first-order valence-corrected chi connectivity index (χ1v) is 9.29. The largest absolute Gasteiger partial charge is 0.369 e. The quantitative estimate of drug-likeness (QED) is 0.697. The third-order valence-electron chi connectivity index (χ3n) is 5.18. The molecule has 0 spiro atoms. The average Bonchev–Trinajstić information content (AvgIpc) is 3.07. The SMILES string of the molecule is Cc1nonc1CN1CCN(c2ccc3c(=O)n(C(C)C)cnc3c2)CC1. The number of piperazine rings is 1. The molecule has 2 aromatic heterocycles. The van der Waals surface area contributed by atoms with Crippen LogP contribution in [0, 0.1) is 6.92 Å². The van der Waals surface area contributed by atoms with Crippen LogP contribution in [0.5, 0.6) is 0 Å². The summed E-state index contributed by atoms with van der Waals surface area (Å²) in [6.07, 6.45) is 1.64. The van der Waals surface area contributed by atoms with E-state index in [1.165, 1.54) is 0 Å². The van der Waals surface area contributed by atoms with E-state index in [9.17, 15) is 4.79 Å². The lowest BCUT2D eigenvalue weighted by Gasteiger charge is -2.35. The van der Waals surface area contributed by atoms with Gasteiger partial charge in [-0.15, -0.1) is 0 Å². The van der Waals surface area contributed by atoms with Gasteiger partial charge in [-0.1, -0.05) is 10.3 Å². The van der Waals surface area contributed by atoms with E-state index in [-0.39, 0.29) is 11.6 Å². The molecule has 0 atom stereocenters. The molecule has 0 bridgehead atoms. The van der Waals surface area contributed by atoms with Gasteiger partial charge in [-0.05, 0) is 39.0 Å². The fraction of sp³-hybridized carbons (Fsp3) is 0.474. The molecule has 142 valence electrons. The normalized spacial score (nSPS) is 15.8. The minimum Gasteiger partial charge on any atom is -0.369 e. The van der Waals surface area contributed by atoms with Crippen LogP contribution in [0.15, 0.2) is 33.9 Å². The first-order valence-electron chi connectivity index (χ1n) is 9.29. The van der Waals surface area contributed by atoms with Crippen LogP contribution in [0.25, 0.3) is 10.9 Å². The van der Waals surface area contributed by atoms with E-state index in [0.29, 0.717) is 5.39 Å². The Hall–Kier alpha value is -2.74. The van der Waals surface area contributed by atoms with Crippen LogP contribution >= 0.6 is 0 Å². The molecule has 1 saturated heterocycles. The number of fused-ring (bicyclic) bond motifs is 1. The fourth-order valence-electron chi connectivity index (χ4n) is 3.46. The third-order valence-corrected chi connectivity index (χ3v) is 5.18. The minimum atomic E-state index is 0.0166. The Morgan fingerprint density at radius 2 is 1.93 bits per heavy atom. The van der Waals surface area contributed by atoms with Crippen molar-refractivity contribution in [1.82, 2.24) is 24.8 Å². The molecule has 0 amide bonds. The van der Waals surface area contributed by atoms with E-state index in [0.717, 1.165) is 55.3 Å². The Morgan fingerprint density at radius 3 is 2.59 bits per heavy atom. The smallest absolute Gasteiger partial charge is 0.261 e. The van der Waals surface area contributed by atoms with Gasteiger partial charge in [0.25, 0.3) is 5.56 Å². The number of benzene rings is 1. The van der Waals surface area contributed by atoms with E-state index in [1.54, 1.807) is 10.9 Å². The lowest BCUT2D eigenvalue weighted by atomic mass is 10.2. The summed E-state index contributed by atoms with van der Waals surface area (Å²) in [5.41, 5.74) is 3.63. The molecule has 1 aromatic carbocycles. The van der Waals surface area contributed by atoms with Gasteiger partial charge < -0.3 is 4.90 Å². The van der Waals surface area contributed by atoms with Gasteiger partial charge in [-0.25, -0.2) is 9.61 Å². The van der Waals surface area contributed by atoms with Gasteiger partial charge >= 0.3 is 0 Å². The third kappa shape index (κ3) is 3.44. The van der Waals surface area contributed by atoms with Crippen molar-refractivity contribution in [2.24, 2.45) is 0 Å². The monoisotopic (exact) mass is 368 g/mol. The van der Waals surface area contributed by atoms with E-state index in [1.807, 2.05) is 39.0 Å². The van der Waals surface area contributed by atoms with Crippen molar-refractivity contribution in [3.63, 3.8) is 0 Å². The lowest BCUT2D eigenvalue weighted by Crippen LogP contribution is -2.46. The van der Waals surface area contributed by atoms with Gasteiger partial charge in [-0.3, -0.25) is 14.3 Å². The number of hydrogen-bond acceptors (Lipinski definition) is 7. The molecule has 0 radical (unpaired) electrons. The Kier molecular flexibility index (Phi) is 4.65. The second kappa shape index (κ2) is 7.11. The first kappa shape index (κ1) is 17.7. The summed E-state index contributed by atoms with van der Waals surface area (Å²) in [4.78, 5) is 21.7. The van der Waals surface area contributed by atoms with Crippen molar-refractivity contribution >= 4 is 16.6 Å². The van der Waals surface area contributed by atoms with Crippen molar-refractivity contribution in [1.29, 1.82) is 0 Å². The van der Waals surface area contributed by atoms with E-state index in [2.05, 4.69) is 25.1 Å². The molecule has 3 heterocycles. The predicted molar refractivity (Wildman–Crippen MR) is 103 cm³/mol. The molecule has 1 aliphatic heterocycles. The number of anilines is 1. The van der Waals surface area contributed by atoms with Crippen LogP contribution in [0.1, 0.15) is 31.3 Å². The van der Waals surface area contributed by atoms with Gasteiger partial charge in [0, 0.05) is 44.5 Å². The molecule has 1 fully saturated rings. The molecule has 0 saturated carbocycles. The summed E-state index contributed by atoms with van der Waals surface area (Å²) >= 11 is 0. The van der Waals surface area contributed by atoms with Gasteiger partial charge in [0.2, 0.25) is 0 Å². The number of nitrogens with zero attached hydrogens (tertiary/aromatic N) is 6. The van der Waals surface area contributed by atoms with Crippen LogP contribution in [0.3, 0.4) is 0 Å². The van der Waals surface area contributed by atoms with Crippen LogP contribution in [-0.2, 0) is 6.54 Å². The average molecular weight is 368 g/mol. The highest BCUT2D eigenvalue weighted by Crippen LogP contribution is 2.21. The Balaban J connectivity index is 1.48. The summed E-state index contributed by atoms with van der Waals surface area (Å²) in [6, 6.07) is 6.04. The predicted octanol–water partition coefficient (Wildman–Crippen LogP) is 1.99. The van der Waals surface area contributed by atoms with E-state index >= 15 is 0 Å². The Morgan fingerprint density at radius 1 is 1.15 bits per heavy atom. The molecule has 0 aliphatic carbocycles. The molecule has 8 nitrogen and oxygen atoms in total. The molecule has 0 N–H and O–H groups in total. The summed E-state index contributed by atoms with van der Waals surface area (Å²) < 4.78 is 6.45. The summed E-state index contributed by atoms with van der Waals surface area (Å²) in [5, 5.41) is 8.48. The maximum atomic E-state index is 12.6. The zero-order valence-corrected chi connectivity index (χ0v) is 15.9. The molecule has 27 heavy (non-hydrogen) atoms.